The zero-order valence-electron chi connectivity index (χ0n) is 30.2. The molecule has 13 heteroatoms. The van der Waals surface area contributed by atoms with Gasteiger partial charge in [0, 0.05) is 24.7 Å². The van der Waals surface area contributed by atoms with Crippen LogP contribution in [0.2, 0.25) is 0 Å². The average molecular weight is 679 g/mol. The molecular formula is C35H54N2O11. The lowest BCUT2D eigenvalue weighted by molar-refractivity contribution is -0.299. The van der Waals surface area contributed by atoms with Crippen molar-refractivity contribution in [2.45, 2.75) is 136 Å². The number of rotatable bonds is 7. The summed E-state index contributed by atoms with van der Waals surface area (Å²) in [6, 6.07) is -1.12. The fourth-order valence-corrected chi connectivity index (χ4v) is 7.64. The molecule has 0 aromatic carbocycles. The SMILES string of the molecule is C#CCO[C@]1(C)C[C@@H](C)C(=O)[C@H](C)[C@H]2NC(=O)O[C@]2(C)C(CC)OC(=O)[C@H](C)C(=O)[C@H](C)[C@H]1O[C@@H]1O[C@H](C)C[C@H](N(C)C)[C@H]1OC(C)=O. The summed E-state index contributed by atoms with van der Waals surface area (Å²) >= 11 is 0. The van der Waals surface area contributed by atoms with Crippen molar-refractivity contribution in [3.63, 3.8) is 0 Å². The zero-order chi connectivity index (χ0) is 36.3. The van der Waals surface area contributed by atoms with Gasteiger partial charge in [0.05, 0.1) is 29.9 Å². The highest BCUT2D eigenvalue weighted by Gasteiger charge is 2.57. The van der Waals surface area contributed by atoms with Gasteiger partial charge in [-0.1, -0.05) is 33.6 Å². The van der Waals surface area contributed by atoms with Gasteiger partial charge in [0.1, 0.15) is 24.4 Å². The van der Waals surface area contributed by atoms with Crippen LogP contribution in [0.25, 0.3) is 0 Å². The molecule has 0 saturated carbocycles. The van der Waals surface area contributed by atoms with Gasteiger partial charge in [-0.2, -0.15) is 0 Å². The molecule has 48 heavy (non-hydrogen) atoms. The van der Waals surface area contributed by atoms with Gasteiger partial charge in [0.25, 0.3) is 0 Å². The highest BCUT2D eigenvalue weighted by atomic mass is 16.7. The number of fused-ring (bicyclic) bond motifs is 1. The Morgan fingerprint density at radius 1 is 1.06 bits per heavy atom. The Hall–Kier alpha value is -3.05. The van der Waals surface area contributed by atoms with Gasteiger partial charge in [-0.25, -0.2) is 4.79 Å². The van der Waals surface area contributed by atoms with E-state index in [0.29, 0.717) is 6.42 Å². The third-order valence-electron chi connectivity index (χ3n) is 10.2. The number of terminal acetylenes is 1. The number of nitrogens with zero attached hydrogens (tertiary/aromatic N) is 1. The van der Waals surface area contributed by atoms with Crippen molar-refractivity contribution >= 4 is 29.6 Å². The van der Waals surface area contributed by atoms with Crippen LogP contribution in [0, 0.1) is 36.0 Å². The lowest BCUT2D eigenvalue weighted by Gasteiger charge is -2.47. The van der Waals surface area contributed by atoms with E-state index in [0.717, 1.165) is 0 Å². The Labute approximate surface area is 284 Å². The lowest BCUT2D eigenvalue weighted by Crippen LogP contribution is -2.61. The van der Waals surface area contributed by atoms with Crippen molar-refractivity contribution in [2.75, 3.05) is 20.7 Å². The standard InChI is InChI=1S/C35H54N2O11/c1-13-15-43-34(9)17-18(3)26(39)20(5)29-35(10,48-33(42)36-29)25(14-2)46-31(41)22(7)27(40)21(6)30(34)47-32-28(45-23(8)38)24(37(11)12)16-19(4)44-32/h1,18-22,24-25,28-30,32H,14-17H2,2-12H3,(H,36,42)/t18-,19-,20+,21+,22-,24+,25?,28-,29-,30-,32+,34-,35-/m1/s1. The molecule has 0 radical (unpaired) electrons. The number of carbonyl (C=O) groups is 5. The van der Waals surface area contributed by atoms with E-state index in [9.17, 15) is 24.0 Å². The fraction of sp³-hybridized carbons (Fsp3) is 0.800. The number of carbonyl (C=O) groups excluding carboxylic acids is 5. The first-order chi connectivity index (χ1) is 22.3. The topological polar surface area (TPSA) is 156 Å². The molecule has 270 valence electrons. The maximum Gasteiger partial charge on any atom is 0.408 e. The summed E-state index contributed by atoms with van der Waals surface area (Å²) in [5.74, 6) is -3.35. The van der Waals surface area contributed by atoms with Gasteiger partial charge in [-0.05, 0) is 61.1 Å². The highest BCUT2D eigenvalue weighted by molar-refractivity contribution is 6.00. The Balaban J connectivity index is 2.18. The van der Waals surface area contributed by atoms with Gasteiger partial charge < -0.3 is 38.6 Å². The number of alkyl carbamates (subject to hydrolysis) is 1. The van der Waals surface area contributed by atoms with Crippen LogP contribution in [0.4, 0.5) is 4.79 Å². The van der Waals surface area contributed by atoms with E-state index >= 15 is 0 Å². The van der Waals surface area contributed by atoms with Gasteiger partial charge in [-0.15, -0.1) is 6.42 Å². The van der Waals surface area contributed by atoms with Crippen LogP contribution < -0.4 is 5.32 Å². The molecule has 3 fully saturated rings. The largest absolute Gasteiger partial charge is 0.458 e. The van der Waals surface area contributed by atoms with E-state index in [4.69, 9.17) is 34.8 Å². The minimum atomic E-state index is -1.40. The molecule has 0 bridgehead atoms. The number of hydrogen-bond acceptors (Lipinski definition) is 12. The molecule has 3 saturated heterocycles. The Bertz CT molecular complexity index is 1270. The predicted octanol–water partition coefficient (Wildman–Crippen LogP) is 3.05. The van der Waals surface area contributed by atoms with E-state index in [1.165, 1.54) is 13.8 Å². The van der Waals surface area contributed by atoms with Gasteiger partial charge in [-0.3, -0.25) is 19.2 Å². The van der Waals surface area contributed by atoms with E-state index in [-0.39, 0.29) is 37.4 Å². The molecule has 3 aliphatic rings. The molecule has 13 atom stereocenters. The summed E-state index contributed by atoms with van der Waals surface area (Å²) in [6.45, 7) is 14.6. The number of likely N-dealkylation sites (N-methyl/N-ethyl adjacent to an activating group) is 1. The van der Waals surface area contributed by atoms with E-state index < -0.39 is 89.3 Å². The Morgan fingerprint density at radius 3 is 2.27 bits per heavy atom. The number of esters is 2. The molecule has 1 N–H and O–H groups in total. The molecule has 0 spiro atoms. The smallest absolute Gasteiger partial charge is 0.408 e. The van der Waals surface area contributed by atoms with Crippen molar-refractivity contribution in [2.24, 2.45) is 23.7 Å². The first-order valence-corrected chi connectivity index (χ1v) is 16.8. The number of nitrogens with one attached hydrogen (secondary N) is 1. The maximum atomic E-state index is 14.2. The van der Waals surface area contributed by atoms with Crippen LogP contribution >= 0.6 is 0 Å². The van der Waals surface area contributed by atoms with Crippen molar-refractivity contribution in [3.05, 3.63) is 0 Å². The van der Waals surface area contributed by atoms with Crippen LogP contribution in [0.1, 0.15) is 81.6 Å². The van der Waals surface area contributed by atoms with Gasteiger partial charge >= 0.3 is 18.0 Å². The molecule has 1 unspecified atom stereocenters. The highest BCUT2D eigenvalue weighted by Crippen LogP contribution is 2.40. The third kappa shape index (κ3) is 8.21. The van der Waals surface area contributed by atoms with Crippen LogP contribution in [0.5, 0.6) is 0 Å². The predicted molar refractivity (Wildman–Crippen MR) is 173 cm³/mol. The van der Waals surface area contributed by atoms with Crippen LogP contribution in [0.3, 0.4) is 0 Å². The van der Waals surface area contributed by atoms with Crippen molar-refractivity contribution in [3.8, 4) is 12.3 Å². The number of ketones is 2. The minimum Gasteiger partial charge on any atom is -0.458 e. The minimum absolute atomic E-state index is 0.0476. The van der Waals surface area contributed by atoms with E-state index in [1.807, 2.05) is 25.9 Å². The van der Waals surface area contributed by atoms with Crippen LogP contribution in [0.15, 0.2) is 0 Å². The van der Waals surface area contributed by atoms with Crippen molar-refractivity contribution < 1.29 is 52.4 Å². The molecule has 1 amide bonds. The first kappa shape index (κ1) is 39.4. The number of Topliss-reactive ketones (excluding diaryl/α,β-unsaturated/α-hetero) is 2. The first-order valence-electron chi connectivity index (χ1n) is 16.8. The maximum absolute atomic E-state index is 14.2. The summed E-state index contributed by atoms with van der Waals surface area (Å²) < 4.78 is 36.6. The van der Waals surface area contributed by atoms with Crippen LogP contribution in [-0.4, -0.2) is 109 Å². The Morgan fingerprint density at radius 2 is 1.71 bits per heavy atom. The number of amides is 1. The molecule has 3 heterocycles. The summed E-state index contributed by atoms with van der Waals surface area (Å²) in [5, 5.41) is 2.75. The number of ether oxygens (including phenoxy) is 6. The molecule has 3 aliphatic heterocycles. The second kappa shape index (κ2) is 15.7. The van der Waals surface area contributed by atoms with Gasteiger partial charge in [0.15, 0.2) is 23.8 Å². The quantitative estimate of drug-likeness (QED) is 0.182. The van der Waals surface area contributed by atoms with E-state index in [1.54, 1.807) is 41.5 Å². The third-order valence-corrected chi connectivity index (χ3v) is 10.2. The number of hydrogen-bond donors (Lipinski definition) is 1. The Kier molecular flexibility index (Phi) is 12.9. The van der Waals surface area contributed by atoms with Crippen molar-refractivity contribution in [1.29, 1.82) is 0 Å². The van der Waals surface area contributed by atoms with E-state index in [2.05, 4.69) is 11.2 Å². The molecule has 0 aromatic rings. The number of cyclic esters (lactones) is 1. The summed E-state index contributed by atoms with van der Waals surface area (Å²) in [6.07, 6.45) is 1.33. The van der Waals surface area contributed by atoms with Crippen molar-refractivity contribution in [1.82, 2.24) is 10.2 Å². The molecule has 3 rings (SSSR count). The average Bonchev–Trinajstić information content (AvgIpc) is 3.33. The van der Waals surface area contributed by atoms with Crippen LogP contribution in [-0.2, 0) is 47.6 Å². The summed E-state index contributed by atoms with van der Waals surface area (Å²) in [5.41, 5.74) is -2.78. The molecule has 0 aromatic heterocycles. The molecular weight excluding hydrogens is 624 g/mol. The fourth-order valence-electron chi connectivity index (χ4n) is 7.64. The second-order valence-electron chi connectivity index (χ2n) is 14.3. The lowest BCUT2D eigenvalue weighted by atomic mass is 9.73. The van der Waals surface area contributed by atoms with Gasteiger partial charge in [0.2, 0.25) is 0 Å². The zero-order valence-corrected chi connectivity index (χ0v) is 30.2. The summed E-state index contributed by atoms with van der Waals surface area (Å²) in [7, 11) is 3.72. The molecule has 0 aliphatic carbocycles. The normalized spacial score (nSPS) is 41.4. The summed E-state index contributed by atoms with van der Waals surface area (Å²) in [4.78, 5) is 68.8. The second-order valence-corrected chi connectivity index (χ2v) is 14.3. The monoisotopic (exact) mass is 678 g/mol. The molecule has 13 nitrogen and oxygen atoms in total.